The zero-order valence-electron chi connectivity index (χ0n) is 10.3. The Morgan fingerprint density at radius 2 is 2.29 bits per heavy atom. The Kier molecular flexibility index (Phi) is 3.29. The van der Waals surface area contributed by atoms with Gasteiger partial charge in [-0.2, -0.15) is 0 Å². The lowest BCUT2D eigenvalue weighted by molar-refractivity contribution is -0.129. The van der Waals surface area contributed by atoms with Crippen LogP contribution in [0, 0.1) is 0 Å². The van der Waals surface area contributed by atoms with E-state index in [-0.39, 0.29) is 36.6 Å². The third kappa shape index (κ3) is 3.31. The first-order valence-corrected chi connectivity index (χ1v) is 5.78. The van der Waals surface area contributed by atoms with E-state index >= 15 is 0 Å². The number of rotatable bonds is 4. The van der Waals surface area contributed by atoms with Crippen LogP contribution in [0.15, 0.2) is 0 Å². The normalized spacial score (nSPS) is 33.0. The highest BCUT2D eigenvalue weighted by Gasteiger charge is 2.55. The van der Waals surface area contributed by atoms with Crippen LogP contribution < -0.4 is 5.32 Å². The fraction of sp³-hybridized carbons (Fsp3) is 0.909. The Morgan fingerprint density at radius 1 is 1.59 bits per heavy atom. The number of amides is 1. The second kappa shape index (κ2) is 4.44. The number of nitrogens with one attached hydrogen (secondary N) is 1. The summed E-state index contributed by atoms with van der Waals surface area (Å²) in [6.07, 6.45) is -1.30. The van der Waals surface area contributed by atoms with E-state index in [2.05, 4.69) is 5.32 Å². The highest BCUT2D eigenvalue weighted by Crippen LogP contribution is 2.37. The van der Waals surface area contributed by atoms with Crippen LogP contribution in [0.4, 0.5) is 4.79 Å². The van der Waals surface area contributed by atoms with Crippen molar-refractivity contribution in [3.63, 3.8) is 0 Å². The average molecular weight is 245 g/mol. The van der Waals surface area contributed by atoms with Crippen molar-refractivity contribution in [1.82, 2.24) is 5.32 Å². The molecule has 2 aliphatic rings. The molecule has 2 fully saturated rings. The number of epoxide rings is 1. The van der Waals surface area contributed by atoms with Crippen LogP contribution >= 0.6 is 0 Å². The Morgan fingerprint density at radius 3 is 2.71 bits per heavy atom. The topological polar surface area (TPSA) is 80.3 Å². The van der Waals surface area contributed by atoms with Crippen LogP contribution in [0.5, 0.6) is 0 Å². The fourth-order valence-electron chi connectivity index (χ4n) is 2.07. The standard InChI is InChI=1S/C11H19NO5/c1-11(2,3)17-6(4-12-10(13)14)8-9-7(16-9)5-15-8/h6-9,12H,4-5H2,1-3H3,(H,13,14)/t6-,7-,8-,9-/m1/s1. The highest BCUT2D eigenvalue weighted by molar-refractivity contribution is 5.64. The predicted molar refractivity (Wildman–Crippen MR) is 59.1 cm³/mol. The van der Waals surface area contributed by atoms with Gasteiger partial charge in [0.25, 0.3) is 0 Å². The van der Waals surface area contributed by atoms with E-state index in [1.165, 1.54) is 0 Å². The van der Waals surface area contributed by atoms with Crippen molar-refractivity contribution in [2.24, 2.45) is 0 Å². The van der Waals surface area contributed by atoms with Crippen molar-refractivity contribution in [2.75, 3.05) is 13.2 Å². The molecule has 6 heteroatoms. The zero-order valence-corrected chi connectivity index (χ0v) is 10.3. The number of carbonyl (C=O) groups is 1. The Hall–Kier alpha value is -0.850. The first-order chi connectivity index (χ1) is 7.87. The maximum absolute atomic E-state index is 10.5. The molecule has 1 amide bonds. The molecule has 0 saturated carbocycles. The van der Waals surface area contributed by atoms with Crippen LogP contribution in [0.25, 0.3) is 0 Å². The lowest BCUT2D eigenvalue weighted by atomic mass is 10.1. The van der Waals surface area contributed by atoms with Crippen molar-refractivity contribution in [3.05, 3.63) is 0 Å². The van der Waals surface area contributed by atoms with Gasteiger partial charge in [0.05, 0.1) is 12.2 Å². The molecule has 2 N–H and O–H groups in total. The summed E-state index contributed by atoms with van der Waals surface area (Å²) >= 11 is 0. The quantitative estimate of drug-likeness (QED) is 0.709. The van der Waals surface area contributed by atoms with Crippen molar-refractivity contribution in [2.45, 2.75) is 50.8 Å². The van der Waals surface area contributed by atoms with Crippen LogP contribution in [-0.2, 0) is 14.2 Å². The fourth-order valence-corrected chi connectivity index (χ4v) is 2.07. The van der Waals surface area contributed by atoms with Crippen molar-refractivity contribution in [1.29, 1.82) is 0 Å². The second-order valence-corrected chi connectivity index (χ2v) is 5.39. The summed E-state index contributed by atoms with van der Waals surface area (Å²) in [7, 11) is 0. The van der Waals surface area contributed by atoms with E-state index < -0.39 is 6.09 Å². The first kappa shape index (κ1) is 12.6. The Bertz CT molecular complexity index is 301. The van der Waals surface area contributed by atoms with Gasteiger partial charge in [-0.05, 0) is 20.8 Å². The molecule has 0 aromatic carbocycles. The molecule has 17 heavy (non-hydrogen) atoms. The summed E-state index contributed by atoms with van der Waals surface area (Å²) in [5, 5.41) is 11.0. The predicted octanol–water partition coefficient (Wildman–Crippen LogP) is 0.604. The van der Waals surface area contributed by atoms with Crippen molar-refractivity contribution < 1.29 is 24.1 Å². The summed E-state index contributed by atoms with van der Waals surface area (Å²) in [6, 6.07) is 0. The van der Waals surface area contributed by atoms with Crippen LogP contribution in [-0.4, -0.2) is 54.4 Å². The number of ether oxygens (including phenoxy) is 3. The van der Waals surface area contributed by atoms with Gasteiger partial charge in [0, 0.05) is 6.54 Å². The molecule has 4 atom stereocenters. The Balaban J connectivity index is 1.93. The summed E-state index contributed by atoms with van der Waals surface area (Å²) in [5.41, 5.74) is -0.346. The van der Waals surface area contributed by atoms with Gasteiger partial charge in [-0.15, -0.1) is 0 Å². The highest BCUT2D eigenvalue weighted by atomic mass is 16.7. The maximum atomic E-state index is 10.5. The van der Waals surface area contributed by atoms with E-state index in [9.17, 15) is 4.79 Å². The van der Waals surface area contributed by atoms with Gasteiger partial charge < -0.3 is 24.6 Å². The molecule has 0 aromatic heterocycles. The van der Waals surface area contributed by atoms with E-state index in [0.29, 0.717) is 6.61 Å². The molecule has 0 bridgehead atoms. The molecule has 2 saturated heterocycles. The van der Waals surface area contributed by atoms with E-state index in [1.54, 1.807) is 0 Å². The molecule has 2 aliphatic heterocycles. The van der Waals surface area contributed by atoms with Gasteiger partial charge in [0.2, 0.25) is 0 Å². The number of carboxylic acid groups (broad SMARTS) is 1. The lowest BCUT2D eigenvalue weighted by Gasteiger charge is -2.31. The third-order valence-electron chi connectivity index (χ3n) is 2.72. The van der Waals surface area contributed by atoms with Gasteiger partial charge in [0.1, 0.15) is 24.4 Å². The molecular formula is C11H19NO5. The van der Waals surface area contributed by atoms with Gasteiger partial charge in [-0.1, -0.05) is 0 Å². The summed E-state index contributed by atoms with van der Waals surface area (Å²) in [6.45, 7) is 6.58. The molecule has 0 aromatic rings. The number of hydrogen-bond donors (Lipinski definition) is 2. The van der Waals surface area contributed by atoms with Gasteiger partial charge in [0.15, 0.2) is 0 Å². The molecule has 2 rings (SSSR count). The number of hydrogen-bond acceptors (Lipinski definition) is 4. The van der Waals surface area contributed by atoms with Crippen LogP contribution in [0.1, 0.15) is 20.8 Å². The molecule has 0 unspecified atom stereocenters. The first-order valence-electron chi connectivity index (χ1n) is 5.78. The lowest BCUT2D eigenvalue weighted by Crippen LogP contribution is -2.46. The largest absolute Gasteiger partial charge is 0.465 e. The van der Waals surface area contributed by atoms with Crippen molar-refractivity contribution in [3.8, 4) is 0 Å². The molecule has 2 heterocycles. The summed E-state index contributed by atoms with van der Waals surface area (Å²) in [5.74, 6) is 0. The zero-order chi connectivity index (χ0) is 12.6. The minimum atomic E-state index is -1.06. The minimum Gasteiger partial charge on any atom is -0.465 e. The third-order valence-corrected chi connectivity index (χ3v) is 2.72. The smallest absolute Gasteiger partial charge is 0.404 e. The molecule has 98 valence electrons. The van der Waals surface area contributed by atoms with Gasteiger partial charge >= 0.3 is 6.09 Å². The van der Waals surface area contributed by atoms with Crippen LogP contribution in [0.3, 0.4) is 0 Å². The van der Waals surface area contributed by atoms with Gasteiger partial charge in [-0.25, -0.2) is 4.79 Å². The molecule has 0 spiro atoms. The maximum Gasteiger partial charge on any atom is 0.404 e. The van der Waals surface area contributed by atoms with Crippen LogP contribution in [0.2, 0.25) is 0 Å². The van der Waals surface area contributed by atoms with E-state index in [4.69, 9.17) is 19.3 Å². The van der Waals surface area contributed by atoms with Crippen molar-refractivity contribution >= 4 is 6.09 Å². The second-order valence-electron chi connectivity index (χ2n) is 5.39. The van der Waals surface area contributed by atoms with Gasteiger partial charge in [-0.3, -0.25) is 0 Å². The Labute approximate surface area is 100 Å². The molecule has 0 aliphatic carbocycles. The molecule has 0 radical (unpaired) electrons. The summed E-state index contributed by atoms with van der Waals surface area (Å²) in [4.78, 5) is 10.5. The van der Waals surface area contributed by atoms with E-state index in [1.807, 2.05) is 20.8 Å². The molecular weight excluding hydrogens is 226 g/mol. The molecule has 6 nitrogen and oxygen atoms in total. The van der Waals surface area contributed by atoms with E-state index in [0.717, 1.165) is 0 Å². The SMILES string of the molecule is CC(C)(C)O[C@H](CNC(=O)O)[C@H]1OC[C@H]2O[C@@H]12. The number of fused-ring (bicyclic) bond motifs is 1. The summed E-state index contributed by atoms with van der Waals surface area (Å²) < 4.78 is 16.8. The minimum absolute atomic E-state index is 0.0675. The monoisotopic (exact) mass is 245 g/mol. The average Bonchev–Trinajstić information content (AvgIpc) is 2.84.